The van der Waals surface area contributed by atoms with Crippen molar-refractivity contribution in [1.29, 1.82) is 0 Å². The fraction of sp³-hybridized carbons (Fsp3) is 0.308. The van der Waals surface area contributed by atoms with E-state index in [0.717, 1.165) is 15.7 Å². The first kappa shape index (κ1) is 13.7. The van der Waals surface area contributed by atoms with Gasteiger partial charge < -0.3 is 5.11 Å². The zero-order valence-corrected chi connectivity index (χ0v) is 12.5. The van der Waals surface area contributed by atoms with Crippen LogP contribution in [0.4, 0.5) is 0 Å². The Morgan fingerprint density at radius 1 is 1.42 bits per heavy atom. The van der Waals surface area contributed by atoms with E-state index < -0.39 is 5.97 Å². The van der Waals surface area contributed by atoms with Crippen molar-refractivity contribution in [2.75, 3.05) is 0 Å². The summed E-state index contributed by atoms with van der Waals surface area (Å²) in [6.07, 6.45) is 0. The quantitative estimate of drug-likeness (QED) is 0.942. The molecule has 19 heavy (non-hydrogen) atoms. The summed E-state index contributed by atoms with van der Waals surface area (Å²) >= 11 is 3.48. The van der Waals surface area contributed by atoms with Gasteiger partial charge in [-0.1, -0.05) is 19.9 Å². The molecular weight excluding hydrogens is 310 g/mol. The fourth-order valence-corrected chi connectivity index (χ4v) is 2.41. The molecule has 0 fully saturated rings. The van der Waals surface area contributed by atoms with Crippen molar-refractivity contribution < 1.29 is 9.90 Å². The second kappa shape index (κ2) is 5.13. The Bertz CT molecular complexity index is 635. The lowest BCUT2D eigenvalue weighted by molar-refractivity contribution is 0.0683. The van der Waals surface area contributed by atoms with E-state index in [1.165, 1.54) is 0 Å². The number of carboxylic acid groups (broad SMARTS) is 1. The summed E-state index contributed by atoms with van der Waals surface area (Å²) in [5, 5.41) is 13.1. The monoisotopic (exact) mass is 323 g/mol. The van der Waals surface area contributed by atoms with E-state index in [0.29, 0.717) is 5.82 Å². The summed E-state index contributed by atoms with van der Waals surface area (Å²) in [5.41, 5.74) is 1.90. The molecule has 0 saturated heterocycles. The number of halogens is 1. The van der Waals surface area contributed by atoms with Gasteiger partial charge in [-0.2, -0.15) is 0 Å². The highest BCUT2D eigenvalue weighted by Crippen LogP contribution is 2.25. The van der Waals surface area contributed by atoms with Gasteiger partial charge in [-0.25, -0.2) is 14.5 Å². The van der Waals surface area contributed by atoms with Gasteiger partial charge in [0.05, 0.1) is 5.69 Å². The molecule has 1 aromatic carbocycles. The Kier molecular flexibility index (Phi) is 3.71. The number of nitrogens with zero attached hydrogens (tertiary/aromatic N) is 3. The Hall–Kier alpha value is -1.69. The van der Waals surface area contributed by atoms with Gasteiger partial charge in [0, 0.05) is 10.4 Å². The third kappa shape index (κ3) is 2.68. The summed E-state index contributed by atoms with van der Waals surface area (Å²) in [7, 11) is 0. The van der Waals surface area contributed by atoms with Crippen LogP contribution in [-0.2, 0) is 0 Å². The number of hydrogen-bond acceptors (Lipinski definition) is 3. The molecule has 0 amide bonds. The molecular formula is C13H14BrN3O2. The number of carbonyl (C=O) groups is 1. The van der Waals surface area contributed by atoms with Crippen LogP contribution in [0, 0.1) is 6.92 Å². The number of benzene rings is 1. The van der Waals surface area contributed by atoms with Crippen LogP contribution in [0.3, 0.4) is 0 Å². The Morgan fingerprint density at radius 2 is 2.11 bits per heavy atom. The first-order chi connectivity index (χ1) is 8.90. The van der Waals surface area contributed by atoms with Crippen molar-refractivity contribution >= 4 is 21.9 Å². The Balaban J connectivity index is 2.63. The largest absolute Gasteiger partial charge is 0.475 e. The maximum absolute atomic E-state index is 11.0. The average molecular weight is 324 g/mol. The van der Waals surface area contributed by atoms with E-state index in [-0.39, 0.29) is 11.7 Å². The van der Waals surface area contributed by atoms with Gasteiger partial charge in [0.1, 0.15) is 5.82 Å². The maximum Gasteiger partial charge on any atom is 0.375 e. The molecule has 6 heteroatoms. The van der Waals surface area contributed by atoms with Crippen LogP contribution >= 0.6 is 15.9 Å². The average Bonchev–Trinajstić information content (AvgIpc) is 2.73. The third-order valence-corrected chi connectivity index (χ3v) is 3.31. The Labute approximate surface area is 119 Å². The van der Waals surface area contributed by atoms with Gasteiger partial charge in [-0.3, -0.25) is 0 Å². The molecule has 0 radical (unpaired) electrons. The van der Waals surface area contributed by atoms with Crippen molar-refractivity contribution in [3.63, 3.8) is 0 Å². The van der Waals surface area contributed by atoms with Crippen molar-refractivity contribution in [3.8, 4) is 5.69 Å². The van der Waals surface area contributed by atoms with Crippen LogP contribution in [0.2, 0.25) is 0 Å². The molecule has 0 aliphatic heterocycles. The first-order valence-corrected chi connectivity index (χ1v) is 6.66. The molecule has 1 heterocycles. The number of aromatic nitrogens is 3. The van der Waals surface area contributed by atoms with Gasteiger partial charge in [-0.05, 0) is 40.5 Å². The van der Waals surface area contributed by atoms with E-state index in [2.05, 4.69) is 26.0 Å². The molecule has 1 aromatic heterocycles. The molecule has 5 nitrogen and oxygen atoms in total. The van der Waals surface area contributed by atoms with Crippen LogP contribution in [0.15, 0.2) is 22.7 Å². The number of carboxylic acids is 1. The molecule has 0 saturated carbocycles. The summed E-state index contributed by atoms with van der Waals surface area (Å²) in [5.74, 6) is -0.601. The summed E-state index contributed by atoms with van der Waals surface area (Å²) in [6.45, 7) is 5.89. The van der Waals surface area contributed by atoms with Crippen molar-refractivity contribution in [2.45, 2.75) is 26.7 Å². The minimum absolute atomic E-state index is 0.0776. The fourth-order valence-electron chi connectivity index (χ4n) is 1.75. The number of rotatable bonds is 3. The van der Waals surface area contributed by atoms with Crippen LogP contribution < -0.4 is 0 Å². The Morgan fingerprint density at radius 3 is 2.63 bits per heavy atom. The smallest absolute Gasteiger partial charge is 0.375 e. The van der Waals surface area contributed by atoms with Crippen molar-refractivity contribution in [3.05, 3.63) is 39.9 Å². The van der Waals surface area contributed by atoms with E-state index in [1.807, 2.05) is 39.0 Å². The highest BCUT2D eigenvalue weighted by atomic mass is 79.9. The lowest BCUT2D eigenvalue weighted by Crippen LogP contribution is -2.06. The van der Waals surface area contributed by atoms with Gasteiger partial charge in [0.15, 0.2) is 0 Å². The lowest BCUT2D eigenvalue weighted by atomic mass is 10.2. The highest BCUT2D eigenvalue weighted by molar-refractivity contribution is 9.10. The first-order valence-electron chi connectivity index (χ1n) is 5.87. The second-order valence-electron chi connectivity index (χ2n) is 4.62. The van der Waals surface area contributed by atoms with Crippen molar-refractivity contribution in [2.24, 2.45) is 0 Å². The molecule has 1 N–H and O–H groups in total. The zero-order valence-electron chi connectivity index (χ0n) is 10.9. The van der Waals surface area contributed by atoms with Gasteiger partial charge in [0.2, 0.25) is 0 Å². The molecule has 0 aliphatic carbocycles. The van der Waals surface area contributed by atoms with E-state index in [9.17, 15) is 4.79 Å². The second-order valence-corrected chi connectivity index (χ2v) is 5.47. The van der Waals surface area contributed by atoms with Crippen LogP contribution in [-0.4, -0.2) is 25.8 Å². The van der Waals surface area contributed by atoms with Gasteiger partial charge in [0.25, 0.3) is 5.82 Å². The molecule has 2 aromatic rings. The predicted molar refractivity (Wildman–Crippen MR) is 74.8 cm³/mol. The van der Waals surface area contributed by atoms with Crippen LogP contribution in [0.5, 0.6) is 0 Å². The minimum Gasteiger partial charge on any atom is -0.475 e. The molecule has 0 unspecified atom stereocenters. The normalized spacial score (nSPS) is 11.0. The summed E-state index contributed by atoms with van der Waals surface area (Å²) in [6, 6.07) is 5.81. The van der Waals surface area contributed by atoms with Crippen LogP contribution in [0.1, 0.15) is 41.8 Å². The van der Waals surface area contributed by atoms with E-state index >= 15 is 0 Å². The van der Waals surface area contributed by atoms with Gasteiger partial charge >= 0.3 is 5.97 Å². The van der Waals surface area contributed by atoms with Gasteiger partial charge in [-0.15, -0.1) is 5.10 Å². The summed E-state index contributed by atoms with van der Waals surface area (Å²) < 4.78 is 2.44. The molecule has 0 bridgehead atoms. The van der Waals surface area contributed by atoms with E-state index in [1.54, 1.807) is 4.68 Å². The molecule has 2 rings (SSSR count). The summed E-state index contributed by atoms with van der Waals surface area (Å²) in [4.78, 5) is 15.1. The number of aromatic carboxylic acids is 1. The SMILES string of the molecule is Cc1ccc(-n2nc(C(=O)O)nc2C(C)C)c(Br)c1. The molecule has 100 valence electrons. The third-order valence-electron chi connectivity index (χ3n) is 2.67. The van der Waals surface area contributed by atoms with E-state index in [4.69, 9.17) is 5.11 Å². The number of hydrogen-bond donors (Lipinski definition) is 1. The molecule has 0 aliphatic rings. The standard InChI is InChI=1S/C13H14BrN3O2/c1-7(2)12-15-11(13(18)19)16-17(12)10-5-4-8(3)6-9(10)14/h4-7H,1-3H3,(H,18,19). The number of aryl methyl sites for hydroxylation is 1. The molecule has 0 spiro atoms. The van der Waals surface area contributed by atoms with Crippen LogP contribution in [0.25, 0.3) is 5.69 Å². The maximum atomic E-state index is 11.0. The topological polar surface area (TPSA) is 68.0 Å². The highest BCUT2D eigenvalue weighted by Gasteiger charge is 2.19. The zero-order chi connectivity index (χ0) is 14.2. The molecule has 0 atom stereocenters. The predicted octanol–water partition coefficient (Wildman–Crippen LogP) is 3.16. The lowest BCUT2D eigenvalue weighted by Gasteiger charge is -2.10. The minimum atomic E-state index is -1.12. The van der Waals surface area contributed by atoms with Crippen molar-refractivity contribution in [1.82, 2.24) is 14.8 Å².